The fraction of sp³-hybridized carbons (Fsp3) is 0.345. The Morgan fingerprint density at radius 2 is 1.54 bits per heavy atom. The average Bonchev–Trinajstić information content (AvgIpc) is 3.49. The molecule has 4 aromatic rings. The number of imidazole rings is 2. The molecule has 1 saturated heterocycles. The van der Waals surface area contributed by atoms with Crippen molar-refractivity contribution in [2.24, 2.45) is 0 Å². The molecule has 0 unspecified atom stereocenters. The third-order valence-electron chi connectivity index (χ3n) is 6.91. The number of benzene rings is 2. The maximum Gasteiger partial charge on any atom is 0.226 e. The van der Waals surface area contributed by atoms with E-state index in [2.05, 4.69) is 76.6 Å². The predicted molar refractivity (Wildman–Crippen MR) is 137 cm³/mol. The highest BCUT2D eigenvalue weighted by atomic mass is 16.2. The SMILES string of the molecule is Cc1cc(C)cc(CC(=O)N2CCC(c3nccn3Cc3nccn3Cc3ccccc3)CC2)c1. The number of aryl methyl sites for hydroxylation is 2. The first-order valence-electron chi connectivity index (χ1n) is 12.4. The zero-order chi connectivity index (χ0) is 24.2. The summed E-state index contributed by atoms with van der Waals surface area (Å²) >= 11 is 0. The molecule has 1 amide bonds. The summed E-state index contributed by atoms with van der Waals surface area (Å²) in [4.78, 5) is 24.3. The first-order valence-corrected chi connectivity index (χ1v) is 12.4. The highest BCUT2D eigenvalue weighted by Gasteiger charge is 2.26. The zero-order valence-electron chi connectivity index (χ0n) is 20.6. The van der Waals surface area contributed by atoms with Crippen LogP contribution in [0.25, 0.3) is 0 Å². The Labute approximate surface area is 207 Å². The summed E-state index contributed by atoms with van der Waals surface area (Å²) in [5, 5.41) is 0. The number of carbonyl (C=O) groups excluding carboxylic acids is 1. The topological polar surface area (TPSA) is 56.0 Å². The van der Waals surface area contributed by atoms with E-state index in [9.17, 15) is 4.79 Å². The molecule has 1 aliphatic heterocycles. The van der Waals surface area contributed by atoms with Gasteiger partial charge in [-0.05, 0) is 37.8 Å². The number of piperidine rings is 1. The van der Waals surface area contributed by atoms with E-state index in [1.807, 2.05) is 29.6 Å². The average molecular weight is 468 g/mol. The smallest absolute Gasteiger partial charge is 0.226 e. The van der Waals surface area contributed by atoms with Gasteiger partial charge in [-0.3, -0.25) is 4.79 Å². The van der Waals surface area contributed by atoms with Crippen molar-refractivity contribution in [2.45, 2.75) is 52.1 Å². The van der Waals surface area contributed by atoms with Gasteiger partial charge in [-0.1, -0.05) is 59.7 Å². The van der Waals surface area contributed by atoms with E-state index in [1.165, 1.54) is 16.7 Å². The van der Waals surface area contributed by atoms with E-state index in [1.54, 1.807) is 0 Å². The van der Waals surface area contributed by atoms with Crippen LogP contribution in [0.2, 0.25) is 0 Å². The Morgan fingerprint density at radius 1 is 0.857 bits per heavy atom. The molecule has 6 heteroatoms. The van der Waals surface area contributed by atoms with Crippen LogP contribution in [0.1, 0.15) is 52.7 Å². The van der Waals surface area contributed by atoms with Crippen molar-refractivity contribution < 1.29 is 4.79 Å². The van der Waals surface area contributed by atoms with Crippen LogP contribution in [-0.2, 0) is 24.3 Å². The predicted octanol–water partition coefficient (Wildman–Crippen LogP) is 4.74. The highest BCUT2D eigenvalue weighted by Crippen LogP contribution is 2.28. The van der Waals surface area contributed by atoms with Crippen LogP contribution < -0.4 is 0 Å². The van der Waals surface area contributed by atoms with Gasteiger partial charge in [0.25, 0.3) is 0 Å². The molecular formula is C29H33N5O. The monoisotopic (exact) mass is 467 g/mol. The first kappa shape index (κ1) is 23.1. The number of aromatic nitrogens is 4. The third kappa shape index (κ3) is 5.53. The molecule has 3 heterocycles. The Hall–Kier alpha value is -3.67. The molecule has 0 atom stereocenters. The molecule has 2 aromatic heterocycles. The van der Waals surface area contributed by atoms with Gasteiger partial charge in [0.1, 0.15) is 11.6 Å². The van der Waals surface area contributed by atoms with Gasteiger partial charge in [-0.25, -0.2) is 9.97 Å². The number of likely N-dealkylation sites (tertiary alicyclic amines) is 1. The van der Waals surface area contributed by atoms with Crippen molar-refractivity contribution in [3.63, 3.8) is 0 Å². The number of hydrogen-bond donors (Lipinski definition) is 0. The quantitative estimate of drug-likeness (QED) is 0.394. The van der Waals surface area contributed by atoms with Crippen LogP contribution in [0.3, 0.4) is 0 Å². The molecule has 1 fully saturated rings. The van der Waals surface area contributed by atoms with Crippen LogP contribution in [0.4, 0.5) is 0 Å². The third-order valence-corrected chi connectivity index (χ3v) is 6.91. The van der Waals surface area contributed by atoms with Crippen molar-refractivity contribution in [1.82, 2.24) is 24.0 Å². The molecule has 6 nitrogen and oxygen atoms in total. The lowest BCUT2D eigenvalue weighted by Gasteiger charge is -2.32. The molecule has 0 saturated carbocycles. The van der Waals surface area contributed by atoms with Crippen molar-refractivity contribution in [3.8, 4) is 0 Å². The normalized spacial score (nSPS) is 14.4. The van der Waals surface area contributed by atoms with Gasteiger partial charge < -0.3 is 14.0 Å². The van der Waals surface area contributed by atoms with Gasteiger partial charge >= 0.3 is 0 Å². The van der Waals surface area contributed by atoms with Gasteiger partial charge in [-0.2, -0.15) is 0 Å². The molecule has 0 aliphatic carbocycles. The van der Waals surface area contributed by atoms with E-state index in [0.717, 1.165) is 49.7 Å². The van der Waals surface area contributed by atoms with Crippen molar-refractivity contribution in [3.05, 3.63) is 107 Å². The van der Waals surface area contributed by atoms with Gasteiger partial charge in [0.15, 0.2) is 0 Å². The number of hydrogen-bond acceptors (Lipinski definition) is 3. The maximum atomic E-state index is 12.9. The van der Waals surface area contributed by atoms with Gasteiger partial charge in [0.05, 0.1) is 13.0 Å². The molecule has 5 rings (SSSR count). The highest BCUT2D eigenvalue weighted by molar-refractivity contribution is 5.79. The molecule has 1 aliphatic rings. The second-order valence-electron chi connectivity index (χ2n) is 9.70. The Morgan fingerprint density at radius 3 is 2.29 bits per heavy atom. The van der Waals surface area contributed by atoms with Gasteiger partial charge in [-0.15, -0.1) is 0 Å². The largest absolute Gasteiger partial charge is 0.342 e. The Kier molecular flexibility index (Phi) is 6.80. The summed E-state index contributed by atoms with van der Waals surface area (Å²) in [6.07, 6.45) is 10.2. The van der Waals surface area contributed by atoms with Crippen LogP contribution in [-0.4, -0.2) is 43.0 Å². The fourth-order valence-electron chi connectivity index (χ4n) is 5.23. The number of amides is 1. The summed E-state index contributed by atoms with van der Waals surface area (Å²) < 4.78 is 4.43. The minimum Gasteiger partial charge on any atom is -0.342 e. The molecule has 0 spiro atoms. The lowest BCUT2D eigenvalue weighted by Crippen LogP contribution is -2.39. The summed E-state index contributed by atoms with van der Waals surface area (Å²) in [5.41, 5.74) is 4.79. The standard InChI is InChI=1S/C29H33N5O/c1-22-16-23(2)18-25(17-22)19-28(35)32-12-8-26(9-13-32)29-31-11-15-34(29)21-27-30-10-14-33(27)20-24-6-4-3-5-7-24/h3-7,10-11,14-18,26H,8-9,12-13,19-21H2,1-2H3. The lowest BCUT2D eigenvalue weighted by molar-refractivity contribution is -0.131. The minimum absolute atomic E-state index is 0.222. The second-order valence-corrected chi connectivity index (χ2v) is 9.70. The lowest BCUT2D eigenvalue weighted by atomic mass is 9.95. The molecule has 180 valence electrons. The van der Waals surface area contributed by atoms with E-state index < -0.39 is 0 Å². The molecule has 0 N–H and O–H groups in total. The Balaban J connectivity index is 1.20. The van der Waals surface area contributed by atoms with Crippen molar-refractivity contribution >= 4 is 5.91 Å². The number of nitrogens with zero attached hydrogens (tertiary/aromatic N) is 5. The number of carbonyl (C=O) groups is 1. The van der Waals surface area contributed by atoms with Gasteiger partial charge in [0.2, 0.25) is 5.91 Å². The zero-order valence-corrected chi connectivity index (χ0v) is 20.6. The fourth-order valence-corrected chi connectivity index (χ4v) is 5.23. The molecule has 35 heavy (non-hydrogen) atoms. The second kappa shape index (κ2) is 10.3. The molecule has 0 bridgehead atoms. The van der Waals surface area contributed by atoms with E-state index >= 15 is 0 Å². The van der Waals surface area contributed by atoms with Gasteiger partial charge in [0, 0.05) is 50.3 Å². The van der Waals surface area contributed by atoms with Crippen molar-refractivity contribution in [1.29, 1.82) is 0 Å². The minimum atomic E-state index is 0.222. The summed E-state index contributed by atoms with van der Waals surface area (Å²) in [7, 11) is 0. The van der Waals surface area contributed by atoms with Crippen LogP contribution in [0.15, 0.2) is 73.3 Å². The van der Waals surface area contributed by atoms with Crippen LogP contribution >= 0.6 is 0 Å². The van der Waals surface area contributed by atoms with Crippen LogP contribution in [0, 0.1) is 13.8 Å². The molecule has 2 aromatic carbocycles. The summed E-state index contributed by atoms with van der Waals surface area (Å²) in [5.74, 6) is 2.70. The van der Waals surface area contributed by atoms with E-state index in [-0.39, 0.29) is 5.91 Å². The van der Waals surface area contributed by atoms with Crippen LogP contribution in [0.5, 0.6) is 0 Å². The summed E-state index contributed by atoms with van der Waals surface area (Å²) in [6.45, 7) is 7.24. The van der Waals surface area contributed by atoms with E-state index in [0.29, 0.717) is 18.9 Å². The maximum absolute atomic E-state index is 12.9. The van der Waals surface area contributed by atoms with Crippen molar-refractivity contribution in [2.75, 3.05) is 13.1 Å². The molecular weight excluding hydrogens is 434 g/mol. The number of rotatable bonds is 7. The Bertz CT molecular complexity index is 1260. The first-order chi connectivity index (χ1) is 17.0. The van der Waals surface area contributed by atoms with E-state index in [4.69, 9.17) is 4.98 Å². The summed E-state index contributed by atoms with van der Waals surface area (Å²) in [6, 6.07) is 16.8. The molecule has 0 radical (unpaired) electrons.